The molecule has 0 amide bonds. The number of benzene rings is 3. The normalized spacial score (nSPS) is 11.4. The first-order valence-electron chi connectivity index (χ1n) is 9.83. The Balaban J connectivity index is 1.65. The van der Waals surface area contributed by atoms with Crippen molar-refractivity contribution >= 4 is 55.6 Å². The molecule has 2 aromatic heterocycles. The van der Waals surface area contributed by atoms with E-state index in [4.69, 9.17) is 17.3 Å². The molecule has 6 heteroatoms. The van der Waals surface area contributed by atoms with Gasteiger partial charge in [0.25, 0.3) is 0 Å². The van der Waals surface area contributed by atoms with E-state index in [-0.39, 0.29) is 6.42 Å². The Hall–Kier alpha value is -3.28. The zero-order valence-corrected chi connectivity index (χ0v) is 18.1. The van der Waals surface area contributed by atoms with Crippen LogP contribution < -0.4 is 5.73 Å². The maximum absolute atomic E-state index is 11.4. The molecule has 3 N–H and O–H groups in total. The SMILES string of the molecule is Nc1cccc(-c2ccc3c(CC(=O)O)cn(Cc4csc5ccc(Cl)cc45)c3c2)c1. The van der Waals surface area contributed by atoms with Crippen LogP contribution in [0.25, 0.3) is 32.1 Å². The van der Waals surface area contributed by atoms with Gasteiger partial charge in [0, 0.05) is 39.1 Å². The number of carboxylic acid groups (broad SMARTS) is 1. The van der Waals surface area contributed by atoms with Gasteiger partial charge in [0.1, 0.15) is 0 Å². The molecule has 0 aliphatic heterocycles. The minimum Gasteiger partial charge on any atom is -0.481 e. The summed E-state index contributed by atoms with van der Waals surface area (Å²) in [6, 6.07) is 19.8. The summed E-state index contributed by atoms with van der Waals surface area (Å²) < 4.78 is 3.31. The zero-order valence-electron chi connectivity index (χ0n) is 16.5. The van der Waals surface area contributed by atoms with Gasteiger partial charge >= 0.3 is 5.97 Å². The molecular weight excluding hydrogens is 428 g/mol. The molecule has 0 aliphatic carbocycles. The second kappa shape index (κ2) is 7.76. The second-order valence-electron chi connectivity index (χ2n) is 7.61. The Morgan fingerprint density at radius 3 is 2.65 bits per heavy atom. The Kier molecular flexibility index (Phi) is 4.93. The average Bonchev–Trinajstić information content (AvgIpc) is 3.29. The largest absolute Gasteiger partial charge is 0.481 e. The van der Waals surface area contributed by atoms with E-state index in [2.05, 4.69) is 16.0 Å². The number of halogens is 1. The smallest absolute Gasteiger partial charge is 0.307 e. The van der Waals surface area contributed by atoms with Crippen molar-refractivity contribution in [3.8, 4) is 11.1 Å². The van der Waals surface area contributed by atoms with Crippen molar-refractivity contribution in [3.05, 3.63) is 88.4 Å². The monoisotopic (exact) mass is 446 g/mol. The zero-order chi connectivity index (χ0) is 21.5. The topological polar surface area (TPSA) is 68.2 Å². The van der Waals surface area contributed by atoms with Crippen molar-refractivity contribution in [2.24, 2.45) is 0 Å². The highest BCUT2D eigenvalue weighted by Gasteiger charge is 2.14. The highest BCUT2D eigenvalue weighted by Crippen LogP contribution is 2.33. The number of aliphatic carboxylic acids is 1. The number of hydrogen-bond donors (Lipinski definition) is 2. The van der Waals surface area contributed by atoms with Crippen LogP contribution in [-0.2, 0) is 17.8 Å². The number of hydrogen-bond acceptors (Lipinski definition) is 3. The van der Waals surface area contributed by atoms with Gasteiger partial charge in [0.2, 0.25) is 0 Å². The van der Waals surface area contributed by atoms with E-state index in [1.165, 1.54) is 4.70 Å². The van der Waals surface area contributed by atoms with Crippen LogP contribution >= 0.6 is 22.9 Å². The lowest BCUT2D eigenvalue weighted by molar-refractivity contribution is -0.136. The molecule has 0 aliphatic rings. The van der Waals surface area contributed by atoms with Gasteiger partial charge in [-0.2, -0.15) is 0 Å². The van der Waals surface area contributed by atoms with Crippen LogP contribution in [0.3, 0.4) is 0 Å². The van der Waals surface area contributed by atoms with E-state index < -0.39 is 5.97 Å². The summed E-state index contributed by atoms with van der Waals surface area (Å²) in [6.07, 6.45) is 1.94. The van der Waals surface area contributed by atoms with E-state index in [1.807, 2.05) is 60.8 Å². The van der Waals surface area contributed by atoms with Gasteiger partial charge in [-0.1, -0.05) is 35.9 Å². The lowest BCUT2D eigenvalue weighted by Gasteiger charge is -2.08. The van der Waals surface area contributed by atoms with Crippen LogP contribution in [0.5, 0.6) is 0 Å². The first-order chi connectivity index (χ1) is 15.0. The molecule has 31 heavy (non-hydrogen) atoms. The van der Waals surface area contributed by atoms with Crippen LogP contribution in [0.1, 0.15) is 11.1 Å². The van der Waals surface area contributed by atoms with Crippen molar-refractivity contribution in [2.75, 3.05) is 5.73 Å². The summed E-state index contributed by atoms with van der Waals surface area (Å²) in [4.78, 5) is 11.4. The third kappa shape index (κ3) is 3.78. The third-order valence-electron chi connectivity index (χ3n) is 5.48. The Morgan fingerprint density at radius 2 is 1.84 bits per heavy atom. The number of rotatable bonds is 5. The van der Waals surface area contributed by atoms with Gasteiger partial charge in [-0.3, -0.25) is 4.79 Å². The van der Waals surface area contributed by atoms with Gasteiger partial charge in [-0.05, 0) is 69.4 Å². The first-order valence-corrected chi connectivity index (χ1v) is 11.1. The predicted molar refractivity (Wildman–Crippen MR) is 129 cm³/mol. The average molecular weight is 447 g/mol. The molecule has 0 spiro atoms. The van der Waals surface area contributed by atoms with Crippen molar-refractivity contribution < 1.29 is 9.90 Å². The summed E-state index contributed by atoms with van der Waals surface area (Å²) in [5, 5.41) is 14.3. The number of nitrogens with zero attached hydrogens (tertiary/aromatic N) is 1. The molecule has 2 heterocycles. The third-order valence-corrected chi connectivity index (χ3v) is 6.73. The summed E-state index contributed by atoms with van der Waals surface area (Å²) in [6.45, 7) is 0.636. The highest BCUT2D eigenvalue weighted by molar-refractivity contribution is 7.17. The lowest BCUT2D eigenvalue weighted by Crippen LogP contribution is -2.00. The van der Waals surface area contributed by atoms with Crippen molar-refractivity contribution in [2.45, 2.75) is 13.0 Å². The molecule has 0 fully saturated rings. The van der Waals surface area contributed by atoms with E-state index in [0.717, 1.165) is 38.5 Å². The maximum atomic E-state index is 11.4. The van der Waals surface area contributed by atoms with Crippen molar-refractivity contribution in [1.29, 1.82) is 0 Å². The fourth-order valence-electron chi connectivity index (χ4n) is 4.06. The number of carbonyl (C=O) groups is 1. The Bertz CT molecular complexity index is 1450. The molecular formula is C25H19ClN2O2S. The Morgan fingerprint density at radius 1 is 1.00 bits per heavy atom. The summed E-state index contributed by atoms with van der Waals surface area (Å²) in [7, 11) is 0. The quantitative estimate of drug-likeness (QED) is 0.305. The van der Waals surface area contributed by atoms with Crippen LogP contribution in [0.4, 0.5) is 5.69 Å². The molecule has 3 aromatic carbocycles. The van der Waals surface area contributed by atoms with Gasteiger partial charge in [-0.15, -0.1) is 11.3 Å². The molecule has 5 rings (SSSR count). The van der Waals surface area contributed by atoms with E-state index in [1.54, 1.807) is 11.3 Å². The van der Waals surface area contributed by atoms with E-state index in [0.29, 0.717) is 17.3 Å². The molecule has 0 radical (unpaired) electrons. The molecule has 0 saturated carbocycles. The number of nitrogen functional groups attached to an aromatic ring is 1. The van der Waals surface area contributed by atoms with Gasteiger partial charge in [0.15, 0.2) is 0 Å². The maximum Gasteiger partial charge on any atom is 0.307 e. The number of anilines is 1. The summed E-state index contributed by atoms with van der Waals surface area (Å²) in [5.41, 5.74) is 11.7. The standard InChI is InChI=1S/C25H19ClN2O2S/c26-19-5-7-24-22(11-19)18(14-31-24)13-28-12-17(10-25(29)30)21-6-4-16(9-23(21)28)15-2-1-3-20(27)8-15/h1-9,11-12,14H,10,13,27H2,(H,29,30). The van der Waals surface area contributed by atoms with E-state index >= 15 is 0 Å². The van der Waals surface area contributed by atoms with Crippen LogP contribution in [0.2, 0.25) is 5.02 Å². The van der Waals surface area contributed by atoms with Gasteiger partial charge in [0.05, 0.1) is 6.42 Å². The van der Waals surface area contributed by atoms with Gasteiger partial charge in [-0.25, -0.2) is 0 Å². The lowest BCUT2D eigenvalue weighted by atomic mass is 10.0. The molecule has 4 nitrogen and oxygen atoms in total. The van der Waals surface area contributed by atoms with Crippen LogP contribution in [-0.4, -0.2) is 15.6 Å². The first kappa shape index (κ1) is 19.7. The minimum atomic E-state index is -0.841. The summed E-state index contributed by atoms with van der Waals surface area (Å²) in [5.74, 6) is -0.841. The number of thiophene rings is 1. The van der Waals surface area contributed by atoms with Crippen LogP contribution in [0.15, 0.2) is 72.2 Å². The van der Waals surface area contributed by atoms with Gasteiger partial charge < -0.3 is 15.4 Å². The Labute approximate surface area is 188 Å². The van der Waals surface area contributed by atoms with Crippen molar-refractivity contribution in [1.82, 2.24) is 4.57 Å². The number of aromatic nitrogens is 1. The second-order valence-corrected chi connectivity index (χ2v) is 8.96. The molecule has 154 valence electrons. The number of carboxylic acids is 1. The molecule has 0 unspecified atom stereocenters. The molecule has 5 aromatic rings. The fraction of sp³-hybridized carbons (Fsp3) is 0.0800. The minimum absolute atomic E-state index is 0.0165. The molecule has 0 saturated heterocycles. The summed E-state index contributed by atoms with van der Waals surface area (Å²) >= 11 is 7.92. The molecule has 0 atom stereocenters. The van der Waals surface area contributed by atoms with Crippen LogP contribution in [0, 0.1) is 0 Å². The number of nitrogens with two attached hydrogens (primary N) is 1. The van der Waals surface area contributed by atoms with E-state index in [9.17, 15) is 9.90 Å². The molecule has 0 bridgehead atoms. The predicted octanol–water partition coefficient (Wildman–Crippen LogP) is 6.43. The highest BCUT2D eigenvalue weighted by atomic mass is 35.5. The van der Waals surface area contributed by atoms with Crippen molar-refractivity contribution in [3.63, 3.8) is 0 Å². The fourth-order valence-corrected chi connectivity index (χ4v) is 5.17. The number of fused-ring (bicyclic) bond motifs is 2.